The number of carbonyl (C=O) groups excluding carboxylic acids is 2. The van der Waals surface area contributed by atoms with Gasteiger partial charge in [0.25, 0.3) is 16.8 Å². The Morgan fingerprint density at radius 1 is 1.00 bits per heavy atom. The van der Waals surface area contributed by atoms with Gasteiger partial charge in [-0.3, -0.25) is 24.6 Å². The summed E-state index contributed by atoms with van der Waals surface area (Å²) in [6.07, 6.45) is 1.35. The highest BCUT2D eigenvalue weighted by Crippen LogP contribution is 2.39. The molecular formula is C26H22N2O6S. The van der Waals surface area contributed by atoms with Crippen LogP contribution in [-0.4, -0.2) is 28.1 Å². The van der Waals surface area contributed by atoms with E-state index >= 15 is 0 Å². The molecule has 9 heteroatoms. The number of thioether (sulfide) groups is 1. The monoisotopic (exact) mass is 490 g/mol. The van der Waals surface area contributed by atoms with Crippen LogP contribution in [0.4, 0.5) is 10.5 Å². The summed E-state index contributed by atoms with van der Waals surface area (Å²) >= 11 is 0.750. The molecule has 3 aromatic carbocycles. The van der Waals surface area contributed by atoms with Gasteiger partial charge >= 0.3 is 0 Å². The highest BCUT2D eigenvalue weighted by molar-refractivity contribution is 8.18. The molecule has 1 aliphatic rings. The first kappa shape index (κ1) is 24.0. The quantitative estimate of drug-likeness (QED) is 0.226. The van der Waals surface area contributed by atoms with Gasteiger partial charge in [0.1, 0.15) is 6.61 Å². The molecule has 0 bridgehead atoms. The Morgan fingerprint density at radius 2 is 1.74 bits per heavy atom. The lowest BCUT2D eigenvalue weighted by atomic mass is 10.1. The molecule has 0 aliphatic carbocycles. The van der Waals surface area contributed by atoms with Crippen molar-refractivity contribution in [2.24, 2.45) is 0 Å². The number of benzene rings is 3. The summed E-state index contributed by atoms with van der Waals surface area (Å²) in [4.78, 5) is 38.0. The molecular weight excluding hydrogens is 468 g/mol. The molecule has 3 aromatic rings. The van der Waals surface area contributed by atoms with E-state index in [0.29, 0.717) is 0 Å². The van der Waals surface area contributed by atoms with Crippen molar-refractivity contribution in [1.29, 1.82) is 0 Å². The van der Waals surface area contributed by atoms with Crippen LogP contribution in [0, 0.1) is 17.0 Å². The lowest BCUT2D eigenvalue weighted by molar-refractivity contribution is -0.385. The lowest BCUT2D eigenvalue weighted by Crippen LogP contribution is -2.27. The maximum atomic E-state index is 13.0. The SMILES string of the molecule is COc1cc(/C=C2\SC(=O)N(Cc3cccc(C)c3)C2=O)c([N+](=O)[O-])cc1OCc1ccccc1. The zero-order valence-electron chi connectivity index (χ0n) is 19.1. The molecule has 0 radical (unpaired) electrons. The van der Waals surface area contributed by atoms with Crippen LogP contribution in [0.25, 0.3) is 6.08 Å². The van der Waals surface area contributed by atoms with E-state index in [9.17, 15) is 19.7 Å². The number of aryl methyl sites for hydroxylation is 1. The number of rotatable bonds is 8. The summed E-state index contributed by atoms with van der Waals surface area (Å²) in [6, 6.07) is 19.6. The first-order chi connectivity index (χ1) is 16.9. The Kier molecular flexibility index (Phi) is 7.17. The summed E-state index contributed by atoms with van der Waals surface area (Å²) < 4.78 is 11.2. The van der Waals surface area contributed by atoms with Gasteiger partial charge in [0.2, 0.25) is 0 Å². The van der Waals surface area contributed by atoms with Gasteiger partial charge in [-0.1, -0.05) is 60.2 Å². The molecule has 0 spiro atoms. The van der Waals surface area contributed by atoms with Gasteiger partial charge < -0.3 is 9.47 Å². The Hall–Kier alpha value is -4.11. The van der Waals surface area contributed by atoms with Gasteiger partial charge in [0.05, 0.1) is 35.1 Å². The maximum Gasteiger partial charge on any atom is 0.293 e. The topological polar surface area (TPSA) is 99.0 Å². The van der Waals surface area contributed by atoms with Crippen LogP contribution < -0.4 is 9.47 Å². The highest BCUT2D eigenvalue weighted by atomic mass is 32.2. The Labute approximate surface area is 206 Å². The number of hydrogen-bond acceptors (Lipinski definition) is 7. The highest BCUT2D eigenvalue weighted by Gasteiger charge is 2.35. The fourth-order valence-electron chi connectivity index (χ4n) is 3.62. The minimum Gasteiger partial charge on any atom is -0.493 e. The third-order valence-electron chi connectivity index (χ3n) is 5.33. The van der Waals surface area contributed by atoms with Crippen molar-refractivity contribution in [2.45, 2.75) is 20.1 Å². The minimum atomic E-state index is -0.558. The number of carbonyl (C=O) groups is 2. The second kappa shape index (κ2) is 10.4. The normalized spacial score (nSPS) is 14.5. The van der Waals surface area contributed by atoms with Crippen LogP contribution in [0.1, 0.15) is 22.3 Å². The molecule has 1 fully saturated rings. The molecule has 0 aromatic heterocycles. The van der Waals surface area contributed by atoms with Crippen molar-refractivity contribution in [3.8, 4) is 11.5 Å². The first-order valence-electron chi connectivity index (χ1n) is 10.7. The van der Waals surface area contributed by atoms with E-state index in [1.54, 1.807) is 0 Å². The molecule has 0 N–H and O–H groups in total. The second-order valence-electron chi connectivity index (χ2n) is 7.85. The van der Waals surface area contributed by atoms with Crippen LogP contribution in [0.3, 0.4) is 0 Å². The third kappa shape index (κ3) is 5.52. The Balaban J connectivity index is 1.62. The van der Waals surface area contributed by atoms with Crippen molar-refractivity contribution in [3.05, 3.63) is 104 Å². The number of amides is 2. The number of ether oxygens (including phenoxy) is 2. The van der Waals surface area contributed by atoms with Crippen LogP contribution in [0.2, 0.25) is 0 Å². The van der Waals surface area contributed by atoms with Crippen LogP contribution in [0.15, 0.2) is 71.6 Å². The smallest absolute Gasteiger partial charge is 0.293 e. The van der Waals surface area contributed by atoms with E-state index in [2.05, 4.69) is 0 Å². The molecule has 35 heavy (non-hydrogen) atoms. The second-order valence-corrected chi connectivity index (χ2v) is 8.84. The molecule has 4 rings (SSSR count). The fourth-order valence-corrected chi connectivity index (χ4v) is 4.45. The zero-order chi connectivity index (χ0) is 24.9. The molecule has 2 amide bonds. The largest absolute Gasteiger partial charge is 0.493 e. The zero-order valence-corrected chi connectivity index (χ0v) is 19.9. The molecule has 8 nitrogen and oxygen atoms in total. The molecule has 1 heterocycles. The van der Waals surface area contributed by atoms with Crippen LogP contribution >= 0.6 is 11.8 Å². The summed E-state index contributed by atoms with van der Waals surface area (Å²) in [5, 5.41) is 11.4. The van der Waals surface area contributed by atoms with Gasteiger partial charge in [-0.2, -0.15) is 0 Å². The third-order valence-corrected chi connectivity index (χ3v) is 6.24. The molecule has 178 valence electrons. The van der Waals surface area contributed by atoms with E-state index in [4.69, 9.17) is 9.47 Å². The molecule has 0 unspecified atom stereocenters. The number of methoxy groups -OCH3 is 1. The van der Waals surface area contributed by atoms with Crippen molar-refractivity contribution in [2.75, 3.05) is 7.11 Å². The lowest BCUT2D eigenvalue weighted by Gasteiger charge is -2.13. The Bertz CT molecular complexity index is 1320. The fraction of sp³-hybridized carbons (Fsp3) is 0.154. The van der Waals surface area contributed by atoms with Crippen molar-refractivity contribution in [1.82, 2.24) is 4.90 Å². The van der Waals surface area contributed by atoms with Crippen LogP contribution in [-0.2, 0) is 17.9 Å². The van der Waals surface area contributed by atoms with E-state index in [0.717, 1.165) is 33.4 Å². The van der Waals surface area contributed by atoms with Crippen molar-refractivity contribution >= 4 is 34.7 Å². The number of nitro benzene ring substituents is 1. The molecule has 0 saturated carbocycles. The number of nitrogens with zero attached hydrogens (tertiary/aromatic N) is 2. The molecule has 1 aliphatic heterocycles. The minimum absolute atomic E-state index is 0.103. The van der Waals surface area contributed by atoms with Crippen LogP contribution in [0.5, 0.6) is 11.5 Å². The molecule has 1 saturated heterocycles. The van der Waals surface area contributed by atoms with E-state index in [1.165, 1.54) is 25.3 Å². The van der Waals surface area contributed by atoms with Gasteiger partial charge in [-0.25, -0.2) is 0 Å². The predicted molar refractivity (Wildman–Crippen MR) is 133 cm³/mol. The number of imide groups is 1. The maximum absolute atomic E-state index is 13.0. The van der Waals surface area contributed by atoms with E-state index in [1.807, 2.05) is 61.5 Å². The van der Waals surface area contributed by atoms with E-state index < -0.39 is 16.1 Å². The van der Waals surface area contributed by atoms with Crippen molar-refractivity contribution < 1.29 is 24.0 Å². The number of nitro groups is 1. The van der Waals surface area contributed by atoms with E-state index in [-0.39, 0.29) is 40.8 Å². The van der Waals surface area contributed by atoms with Crippen molar-refractivity contribution in [3.63, 3.8) is 0 Å². The Morgan fingerprint density at radius 3 is 2.43 bits per heavy atom. The predicted octanol–water partition coefficient (Wildman–Crippen LogP) is 5.73. The summed E-state index contributed by atoms with van der Waals surface area (Å²) in [5.41, 5.74) is 2.60. The van der Waals surface area contributed by atoms with Gasteiger partial charge in [-0.05, 0) is 42.0 Å². The van der Waals surface area contributed by atoms with Gasteiger partial charge in [-0.15, -0.1) is 0 Å². The summed E-state index contributed by atoms with van der Waals surface area (Å²) in [6.45, 7) is 2.25. The summed E-state index contributed by atoms with van der Waals surface area (Å²) in [5.74, 6) is -0.0244. The number of hydrogen-bond donors (Lipinski definition) is 0. The van der Waals surface area contributed by atoms with Gasteiger partial charge in [0, 0.05) is 0 Å². The summed E-state index contributed by atoms with van der Waals surface area (Å²) in [7, 11) is 1.43. The average Bonchev–Trinajstić information content (AvgIpc) is 3.10. The van der Waals surface area contributed by atoms with Gasteiger partial charge in [0.15, 0.2) is 11.5 Å². The average molecular weight is 491 g/mol. The molecule has 0 atom stereocenters. The first-order valence-corrected chi connectivity index (χ1v) is 11.5. The standard InChI is InChI=1S/C26H22N2O6S/c1-17-7-6-10-19(11-17)15-27-25(29)24(35-26(27)30)13-20-12-22(33-2)23(14-21(20)28(31)32)34-16-18-8-4-3-5-9-18/h3-14H,15-16H2,1-2H3/b24-13-.